The van der Waals surface area contributed by atoms with E-state index in [2.05, 4.69) is 13.0 Å². The van der Waals surface area contributed by atoms with Gasteiger partial charge in [-0.25, -0.2) is 0 Å². The molecule has 1 aromatic carbocycles. The zero-order valence-corrected chi connectivity index (χ0v) is 9.93. The van der Waals surface area contributed by atoms with E-state index in [0.29, 0.717) is 29.7 Å². The van der Waals surface area contributed by atoms with Crippen molar-refractivity contribution in [3.05, 3.63) is 23.2 Å². The van der Waals surface area contributed by atoms with Crippen LogP contribution in [0.1, 0.15) is 26.7 Å². The molecule has 0 aliphatic carbocycles. The van der Waals surface area contributed by atoms with Crippen molar-refractivity contribution in [2.24, 2.45) is 0 Å². The minimum absolute atomic E-state index is 0.483. The van der Waals surface area contributed by atoms with Crippen molar-refractivity contribution in [2.45, 2.75) is 26.7 Å². The fourth-order valence-electron chi connectivity index (χ4n) is 1.10. The van der Waals surface area contributed by atoms with Crippen LogP contribution in [-0.2, 0) is 0 Å². The van der Waals surface area contributed by atoms with Gasteiger partial charge in [0.05, 0.1) is 18.2 Å². The Morgan fingerprint density at radius 3 is 2.53 bits per heavy atom. The maximum atomic E-state index is 5.98. The highest BCUT2D eigenvalue weighted by Crippen LogP contribution is 2.34. The quantitative estimate of drug-likeness (QED) is 0.738. The highest BCUT2D eigenvalue weighted by atomic mass is 35.5. The maximum Gasteiger partial charge on any atom is 0.180 e. The summed E-state index contributed by atoms with van der Waals surface area (Å²) in [5.74, 6) is 1.31. The van der Waals surface area contributed by atoms with E-state index in [1.54, 1.807) is 6.07 Å². The summed E-state index contributed by atoms with van der Waals surface area (Å²) in [6.07, 6.45) is 1.90. The summed E-state index contributed by atoms with van der Waals surface area (Å²) in [7, 11) is 0. The number of rotatable bonds is 6. The van der Waals surface area contributed by atoms with Crippen LogP contribution in [0.5, 0.6) is 11.5 Å². The molecule has 0 unspecified atom stereocenters. The van der Waals surface area contributed by atoms with E-state index in [0.717, 1.165) is 12.8 Å². The third-order valence-corrected chi connectivity index (χ3v) is 2.06. The van der Waals surface area contributed by atoms with Crippen LogP contribution >= 0.6 is 11.6 Å². The van der Waals surface area contributed by atoms with Crippen LogP contribution in [0.3, 0.4) is 0 Å². The number of hydrogen-bond donors (Lipinski definition) is 0. The van der Waals surface area contributed by atoms with Gasteiger partial charge in [0.2, 0.25) is 0 Å². The van der Waals surface area contributed by atoms with E-state index in [9.17, 15) is 0 Å². The Labute approximate surface area is 96.2 Å². The second-order valence-electron chi connectivity index (χ2n) is 3.18. The van der Waals surface area contributed by atoms with E-state index in [1.807, 2.05) is 13.0 Å². The van der Waals surface area contributed by atoms with Crippen LogP contribution in [-0.4, -0.2) is 13.2 Å². The second kappa shape index (κ2) is 6.57. The van der Waals surface area contributed by atoms with Crippen molar-refractivity contribution >= 4 is 11.6 Å². The summed E-state index contributed by atoms with van der Waals surface area (Å²) in [5.41, 5.74) is 0. The number of benzene rings is 1. The number of halogens is 1. The molecule has 15 heavy (non-hydrogen) atoms. The monoisotopic (exact) mass is 227 g/mol. The zero-order valence-electron chi connectivity index (χ0n) is 9.18. The number of ether oxygens (including phenoxy) is 2. The Balaban J connectivity index is 2.77. The van der Waals surface area contributed by atoms with Crippen molar-refractivity contribution in [2.75, 3.05) is 13.2 Å². The normalized spacial score (nSPS) is 10.1. The Bertz CT molecular complexity index is 300. The smallest absolute Gasteiger partial charge is 0.180 e. The average Bonchev–Trinajstić information content (AvgIpc) is 2.25. The lowest BCUT2D eigenvalue weighted by molar-refractivity contribution is 0.268. The first kappa shape index (κ1) is 12.2. The first-order valence-corrected chi connectivity index (χ1v) is 5.63. The summed E-state index contributed by atoms with van der Waals surface area (Å²) in [4.78, 5) is 0. The molecule has 0 aliphatic heterocycles. The van der Waals surface area contributed by atoms with Gasteiger partial charge in [0.1, 0.15) is 0 Å². The van der Waals surface area contributed by atoms with Gasteiger partial charge in [-0.2, -0.15) is 0 Å². The summed E-state index contributed by atoms with van der Waals surface area (Å²) < 4.78 is 11.1. The highest BCUT2D eigenvalue weighted by Gasteiger charge is 2.09. The standard InChI is InChI=1S/C12H16ClO2/c1-3-8-14-11-7-5-6-10(13)12(11)15-9-4-2/h5,7H,3-4,8-9H2,1-2H3. The van der Waals surface area contributed by atoms with Crippen LogP contribution in [0.2, 0.25) is 5.02 Å². The van der Waals surface area contributed by atoms with Gasteiger partial charge in [-0.05, 0) is 25.0 Å². The zero-order chi connectivity index (χ0) is 11.1. The predicted molar refractivity (Wildman–Crippen MR) is 61.9 cm³/mol. The van der Waals surface area contributed by atoms with Gasteiger partial charge in [-0.15, -0.1) is 0 Å². The van der Waals surface area contributed by atoms with E-state index >= 15 is 0 Å². The Hall–Kier alpha value is -0.890. The van der Waals surface area contributed by atoms with Crippen molar-refractivity contribution in [3.63, 3.8) is 0 Å². The fourth-order valence-corrected chi connectivity index (χ4v) is 1.31. The topological polar surface area (TPSA) is 18.5 Å². The van der Waals surface area contributed by atoms with Gasteiger partial charge >= 0.3 is 0 Å². The third kappa shape index (κ3) is 3.63. The molecule has 0 atom stereocenters. The molecular formula is C12H16ClO2. The molecule has 0 heterocycles. The van der Waals surface area contributed by atoms with Gasteiger partial charge in [0.25, 0.3) is 0 Å². The Morgan fingerprint density at radius 2 is 1.87 bits per heavy atom. The molecule has 0 amide bonds. The molecular weight excluding hydrogens is 212 g/mol. The molecule has 0 fully saturated rings. The molecule has 1 aromatic rings. The van der Waals surface area contributed by atoms with Crippen molar-refractivity contribution in [1.82, 2.24) is 0 Å². The fraction of sp³-hybridized carbons (Fsp3) is 0.500. The molecule has 1 radical (unpaired) electrons. The van der Waals surface area contributed by atoms with E-state index in [1.165, 1.54) is 0 Å². The summed E-state index contributed by atoms with van der Waals surface area (Å²) in [5, 5.41) is 0.483. The highest BCUT2D eigenvalue weighted by molar-refractivity contribution is 6.32. The average molecular weight is 228 g/mol. The van der Waals surface area contributed by atoms with Crippen molar-refractivity contribution < 1.29 is 9.47 Å². The van der Waals surface area contributed by atoms with Crippen molar-refractivity contribution in [1.29, 1.82) is 0 Å². The Morgan fingerprint density at radius 1 is 1.20 bits per heavy atom. The van der Waals surface area contributed by atoms with E-state index < -0.39 is 0 Å². The maximum absolute atomic E-state index is 5.98. The molecule has 0 saturated carbocycles. The Kier molecular flexibility index (Phi) is 5.33. The molecule has 0 saturated heterocycles. The van der Waals surface area contributed by atoms with Gasteiger partial charge in [-0.1, -0.05) is 25.4 Å². The van der Waals surface area contributed by atoms with Crippen LogP contribution in [0.4, 0.5) is 0 Å². The van der Waals surface area contributed by atoms with Gasteiger partial charge in [0.15, 0.2) is 11.5 Å². The lowest BCUT2D eigenvalue weighted by Gasteiger charge is -2.12. The first-order chi connectivity index (χ1) is 7.29. The van der Waals surface area contributed by atoms with Gasteiger partial charge < -0.3 is 9.47 Å². The minimum Gasteiger partial charge on any atom is -0.490 e. The summed E-state index contributed by atoms with van der Waals surface area (Å²) >= 11 is 5.98. The molecule has 0 N–H and O–H groups in total. The van der Waals surface area contributed by atoms with Gasteiger partial charge in [0, 0.05) is 6.07 Å². The second-order valence-corrected chi connectivity index (χ2v) is 3.56. The molecule has 0 aromatic heterocycles. The van der Waals surface area contributed by atoms with E-state index in [-0.39, 0.29) is 0 Å². The predicted octanol–water partition coefficient (Wildman–Crippen LogP) is 3.72. The minimum atomic E-state index is 0.483. The third-order valence-electron chi connectivity index (χ3n) is 1.78. The van der Waals surface area contributed by atoms with Crippen LogP contribution < -0.4 is 9.47 Å². The lowest BCUT2D eigenvalue weighted by Crippen LogP contribution is -2.01. The van der Waals surface area contributed by atoms with Crippen LogP contribution in [0.15, 0.2) is 12.1 Å². The largest absolute Gasteiger partial charge is 0.490 e. The molecule has 2 nitrogen and oxygen atoms in total. The molecule has 3 heteroatoms. The van der Waals surface area contributed by atoms with E-state index in [4.69, 9.17) is 21.1 Å². The van der Waals surface area contributed by atoms with Crippen LogP contribution in [0.25, 0.3) is 0 Å². The molecule has 83 valence electrons. The summed E-state index contributed by atoms with van der Waals surface area (Å²) in [6, 6.07) is 6.45. The molecule has 0 bridgehead atoms. The number of hydrogen-bond acceptors (Lipinski definition) is 2. The van der Waals surface area contributed by atoms with Crippen molar-refractivity contribution in [3.8, 4) is 11.5 Å². The molecule has 0 aliphatic rings. The van der Waals surface area contributed by atoms with Crippen LogP contribution in [0, 0.1) is 6.07 Å². The summed E-state index contributed by atoms with van der Waals surface area (Å²) in [6.45, 7) is 5.42. The van der Waals surface area contributed by atoms with Gasteiger partial charge in [-0.3, -0.25) is 0 Å². The molecule has 1 rings (SSSR count). The first-order valence-electron chi connectivity index (χ1n) is 5.25. The molecule has 0 spiro atoms. The lowest BCUT2D eigenvalue weighted by atomic mass is 10.3. The SMILES string of the molecule is CCCOc1cc[c]c(Cl)c1OCCC.